The quantitative estimate of drug-likeness (QED) is 0.366. The molecule has 0 aromatic heterocycles. The lowest BCUT2D eigenvalue weighted by Crippen LogP contribution is -2.52. The molecule has 2 aromatic carbocycles. The number of halogens is 1. The molecule has 0 radical (unpaired) electrons. The zero-order valence-electron chi connectivity index (χ0n) is 18.3. The average Bonchev–Trinajstić information content (AvgIpc) is 3.06. The summed E-state index contributed by atoms with van der Waals surface area (Å²) in [6.45, 7) is 1.43. The number of Topliss-reactive ketones (excluding diaryl/α,β-unsaturated/α-hetero) is 1. The number of ketones is 1. The topological polar surface area (TPSA) is 84.0 Å². The fraction of sp³-hybridized carbons (Fsp3) is 0.280. The highest BCUT2D eigenvalue weighted by Crippen LogP contribution is 2.38. The molecule has 0 unspecified atom stereocenters. The maximum absolute atomic E-state index is 13.5. The first-order valence-electron chi connectivity index (χ1n) is 10.6. The molecule has 2 aliphatic rings. The molecule has 8 heteroatoms. The molecule has 1 saturated heterocycles. The van der Waals surface area contributed by atoms with E-state index >= 15 is 0 Å². The monoisotopic (exact) mass is 466 g/mol. The summed E-state index contributed by atoms with van der Waals surface area (Å²) in [5.74, 6) is -2.57. The summed E-state index contributed by atoms with van der Waals surface area (Å²) in [6.07, 6.45) is 2.82. The summed E-state index contributed by atoms with van der Waals surface area (Å²) in [4.78, 5) is 53.1. The number of amides is 3. The SMILES string of the molecule is COc1ccc(C(=O)CN(C(=O)c2ccccc2Cl)N2C(=O)[C@H]3CC=C(C)C[C@@H]3C2=O)cc1. The van der Waals surface area contributed by atoms with Crippen LogP contribution in [0.5, 0.6) is 5.75 Å². The van der Waals surface area contributed by atoms with Gasteiger partial charge in [0.1, 0.15) is 12.3 Å². The number of imide groups is 1. The molecule has 1 heterocycles. The number of nitrogens with zero attached hydrogens (tertiary/aromatic N) is 2. The van der Waals surface area contributed by atoms with Crippen molar-refractivity contribution in [1.29, 1.82) is 0 Å². The van der Waals surface area contributed by atoms with E-state index in [2.05, 4.69) is 0 Å². The predicted molar refractivity (Wildman–Crippen MR) is 122 cm³/mol. The summed E-state index contributed by atoms with van der Waals surface area (Å²) in [6, 6.07) is 12.7. The van der Waals surface area contributed by atoms with Crippen molar-refractivity contribution < 1.29 is 23.9 Å². The largest absolute Gasteiger partial charge is 0.497 e. The first kappa shape index (κ1) is 22.7. The van der Waals surface area contributed by atoms with Gasteiger partial charge in [-0.15, -0.1) is 0 Å². The van der Waals surface area contributed by atoms with Gasteiger partial charge in [-0.05, 0) is 56.2 Å². The van der Waals surface area contributed by atoms with E-state index in [4.69, 9.17) is 16.3 Å². The summed E-state index contributed by atoms with van der Waals surface area (Å²) in [5.41, 5.74) is 1.45. The van der Waals surface area contributed by atoms with Crippen molar-refractivity contribution in [3.05, 3.63) is 76.3 Å². The molecule has 1 fully saturated rings. The van der Waals surface area contributed by atoms with E-state index in [1.54, 1.807) is 42.5 Å². The van der Waals surface area contributed by atoms with Crippen LogP contribution in [0.4, 0.5) is 0 Å². The van der Waals surface area contributed by atoms with Gasteiger partial charge in [0.05, 0.1) is 29.5 Å². The third-order valence-corrected chi connectivity index (χ3v) is 6.41. The zero-order valence-corrected chi connectivity index (χ0v) is 19.0. The Morgan fingerprint density at radius 1 is 1.06 bits per heavy atom. The second kappa shape index (κ2) is 9.19. The number of rotatable bonds is 6. The van der Waals surface area contributed by atoms with Crippen LogP contribution in [0, 0.1) is 11.8 Å². The standard InChI is InChI=1S/C25H23ClN2O5/c1-15-7-12-18-20(13-15)25(32)28(24(18)31)27(23(30)19-5-3-4-6-21(19)26)14-22(29)16-8-10-17(33-2)11-9-16/h3-11,18,20H,12-14H2,1-2H3/t18-,20-/m0/s1. The van der Waals surface area contributed by atoms with Crippen molar-refractivity contribution in [3.8, 4) is 5.75 Å². The maximum atomic E-state index is 13.5. The number of fused-ring (bicyclic) bond motifs is 1. The molecular formula is C25H23ClN2O5. The lowest BCUT2D eigenvalue weighted by molar-refractivity contribution is -0.154. The van der Waals surface area contributed by atoms with Crippen LogP contribution < -0.4 is 4.74 Å². The first-order valence-corrected chi connectivity index (χ1v) is 11.0. The van der Waals surface area contributed by atoms with Gasteiger partial charge < -0.3 is 4.74 Å². The molecule has 0 N–H and O–H groups in total. The zero-order chi connectivity index (χ0) is 23.7. The van der Waals surface area contributed by atoms with Crippen molar-refractivity contribution >= 4 is 35.1 Å². The van der Waals surface area contributed by atoms with E-state index in [0.717, 1.165) is 15.6 Å². The number of hydrogen-bond donors (Lipinski definition) is 0. The van der Waals surface area contributed by atoms with Gasteiger partial charge in [0.25, 0.3) is 17.7 Å². The van der Waals surface area contributed by atoms with Gasteiger partial charge >= 0.3 is 0 Å². The Hall–Kier alpha value is -3.45. The minimum absolute atomic E-state index is 0.103. The molecule has 0 spiro atoms. The van der Waals surface area contributed by atoms with E-state index in [0.29, 0.717) is 24.2 Å². The Balaban J connectivity index is 1.69. The average molecular weight is 467 g/mol. The number of benzene rings is 2. The highest BCUT2D eigenvalue weighted by molar-refractivity contribution is 6.34. The normalized spacial score (nSPS) is 19.7. The number of carbonyl (C=O) groups is 4. The van der Waals surface area contributed by atoms with Crippen LogP contribution >= 0.6 is 11.6 Å². The van der Waals surface area contributed by atoms with Gasteiger partial charge in [0.15, 0.2) is 5.78 Å². The Morgan fingerprint density at radius 2 is 1.73 bits per heavy atom. The van der Waals surface area contributed by atoms with Gasteiger partial charge in [-0.2, -0.15) is 5.01 Å². The molecule has 1 aliphatic carbocycles. The van der Waals surface area contributed by atoms with E-state index in [1.807, 2.05) is 13.0 Å². The summed E-state index contributed by atoms with van der Waals surface area (Å²) >= 11 is 6.23. The highest BCUT2D eigenvalue weighted by Gasteiger charge is 2.51. The molecule has 1 aliphatic heterocycles. The van der Waals surface area contributed by atoms with Crippen LogP contribution in [-0.4, -0.2) is 47.2 Å². The molecule has 2 atom stereocenters. The van der Waals surface area contributed by atoms with Gasteiger partial charge in [0.2, 0.25) is 0 Å². The van der Waals surface area contributed by atoms with E-state index in [-0.39, 0.29) is 10.6 Å². The number of carbonyl (C=O) groups excluding carboxylic acids is 4. The van der Waals surface area contributed by atoms with Crippen LogP contribution in [0.3, 0.4) is 0 Å². The molecule has 0 saturated carbocycles. The van der Waals surface area contributed by atoms with E-state index in [9.17, 15) is 19.2 Å². The van der Waals surface area contributed by atoms with Crippen LogP contribution in [0.1, 0.15) is 40.5 Å². The van der Waals surface area contributed by atoms with Crippen LogP contribution in [0.2, 0.25) is 5.02 Å². The van der Waals surface area contributed by atoms with Crippen LogP contribution in [-0.2, 0) is 9.59 Å². The Kier molecular flexibility index (Phi) is 6.33. The molecule has 4 rings (SSSR count). The van der Waals surface area contributed by atoms with Gasteiger partial charge in [-0.25, -0.2) is 5.01 Å². The van der Waals surface area contributed by atoms with Crippen molar-refractivity contribution in [3.63, 3.8) is 0 Å². The highest BCUT2D eigenvalue weighted by atomic mass is 35.5. The third-order valence-electron chi connectivity index (χ3n) is 6.09. The van der Waals surface area contributed by atoms with Crippen molar-refractivity contribution in [2.24, 2.45) is 11.8 Å². The minimum Gasteiger partial charge on any atom is -0.497 e. The van der Waals surface area contributed by atoms with Crippen molar-refractivity contribution in [2.75, 3.05) is 13.7 Å². The van der Waals surface area contributed by atoms with Gasteiger partial charge in [-0.3, -0.25) is 19.2 Å². The number of ether oxygens (including phenoxy) is 1. The minimum atomic E-state index is -0.688. The molecule has 0 bridgehead atoms. The number of hydrazine groups is 1. The Bertz CT molecular complexity index is 1160. The van der Waals surface area contributed by atoms with Gasteiger partial charge in [0, 0.05) is 5.56 Å². The predicted octanol–water partition coefficient (Wildman–Crippen LogP) is 3.93. The number of hydrogen-bond acceptors (Lipinski definition) is 5. The van der Waals surface area contributed by atoms with Crippen molar-refractivity contribution in [2.45, 2.75) is 19.8 Å². The molecule has 7 nitrogen and oxygen atoms in total. The van der Waals surface area contributed by atoms with E-state index in [1.165, 1.54) is 13.2 Å². The Labute approximate surface area is 196 Å². The van der Waals surface area contributed by atoms with Crippen LogP contribution in [0.25, 0.3) is 0 Å². The summed E-state index contributed by atoms with van der Waals surface area (Å²) < 4.78 is 5.12. The molecule has 3 amide bonds. The molecule has 2 aromatic rings. The van der Waals surface area contributed by atoms with Crippen molar-refractivity contribution in [1.82, 2.24) is 10.0 Å². The second-order valence-corrected chi connectivity index (χ2v) is 8.59. The van der Waals surface area contributed by atoms with Gasteiger partial charge in [-0.1, -0.05) is 35.4 Å². The number of methoxy groups -OCH3 is 1. The number of allylic oxidation sites excluding steroid dienone is 2. The summed E-state index contributed by atoms with van der Waals surface area (Å²) in [5, 5.41) is 1.96. The lowest BCUT2D eigenvalue weighted by Gasteiger charge is -2.30. The fourth-order valence-electron chi connectivity index (χ4n) is 4.27. The third kappa shape index (κ3) is 4.28. The summed E-state index contributed by atoms with van der Waals surface area (Å²) in [7, 11) is 1.52. The van der Waals surface area contributed by atoms with Crippen LogP contribution in [0.15, 0.2) is 60.2 Å². The lowest BCUT2D eigenvalue weighted by atomic mass is 9.82. The van der Waals surface area contributed by atoms with E-state index < -0.39 is 41.9 Å². The smallest absolute Gasteiger partial charge is 0.274 e. The Morgan fingerprint density at radius 3 is 2.39 bits per heavy atom. The molecule has 33 heavy (non-hydrogen) atoms. The fourth-order valence-corrected chi connectivity index (χ4v) is 4.49. The maximum Gasteiger partial charge on any atom is 0.274 e. The molecular weight excluding hydrogens is 444 g/mol. The molecule has 170 valence electrons. The first-order chi connectivity index (χ1) is 15.8. The second-order valence-electron chi connectivity index (χ2n) is 8.19.